The van der Waals surface area contributed by atoms with Gasteiger partial charge in [-0.2, -0.15) is 0 Å². The monoisotopic (exact) mass is 302 g/mol. The summed E-state index contributed by atoms with van der Waals surface area (Å²) in [5.74, 6) is 0.597. The maximum Gasteiger partial charge on any atom is 0.228 e. The summed E-state index contributed by atoms with van der Waals surface area (Å²) in [5.41, 5.74) is 1.10. The fourth-order valence-electron chi connectivity index (χ4n) is 0.997. The Bertz CT molecular complexity index is 407. The van der Waals surface area contributed by atoms with E-state index in [4.69, 9.17) is 4.74 Å². The first-order valence-electron chi connectivity index (χ1n) is 4.71. The second-order valence-corrected chi connectivity index (χ2v) is 5.41. The Morgan fingerprint density at radius 1 is 1.56 bits per heavy atom. The van der Waals surface area contributed by atoms with Gasteiger partial charge >= 0.3 is 0 Å². The Morgan fingerprint density at radius 3 is 2.69 bits per heavy atom. The largest absolute Gasteiger partial charge is 0.480 e. The van der Waals surface area contributed by atoms with Gasteiger partial charge in [0.15, 0.2) is 0 Å². The van der Waals surface area contributed by atoms with Crippen LogP contribution in [0.15, 0.2) is 27.2 Å². The molecule has 1 rings (SSSR count). The van der Waals surface area contributed by atoms with E-state index in [-0.39, 0.29) is 0 Å². The van der Waals surface area contributed by atoms with E-state index in [0.29, 0.717) is 5.88 Å². The molecular formula is C11H15BrN2OS. The normalized spacial score (nSPS) is 10.1. The van der Waals surface area contributed by atoms with Crippen LogP contribution in [0.4, 0.5) is 0 Å². The molecule has 3 nitrogen and oxygen atoms in total. The molecule has 0 aromatic carbocycles. The van der Waals surface area contributed by atoms with E-state index in [1.165, 1.54) is 11.8 Å². The van der Waals surface area contributed by atoms with Crippen molar-refractivity contribution in [1.82, 2.24) is 9.88 Å². The van der Waals surface area contributed by atoms with E-state index >= 15 is 0 Å². The topological polar surface area (TPSA) is 25.4 Å². The summed E-state index contributed by atoms with van der Waals surface area (Å²) in [6.07, 6.45) is 0. The first kappa shape index (κ1) is 13.4. The summed E-state index contributed by atoms with van der Waals surface area (Å²) in [6, 6.07) is 2.00. The minimum Gasteiger partial charge on any atom is -0.480 e. The predicted octanol–water partition coefficient (Wildman–Crippen LogP) is 3.29. The zero-order chi connectivity index (χ0) is 12.3. The molecule has 0 N–H and O–H groups in total. The van der Waals surface area contributed by atoms with Gasteiger partial charge in [0, 0.05) is 14.1 Å². The van der Waals surface area contributed by atoms with Gasteiger partial charge in [-0.1, -0.05) is 18.3 Å². The number of hydrogen-bond donors (Lipinski definition) is 0. The van der Waals surface area contributed by atoms with Gasteiger partial charge in [0.1, 0.15) is 5.03 Å². The van der Waals surface area contributed by atoms with E-state index < -0.39 is 0 Å². The van der Waals surface area contributed by atoms with Crippen LogP contribution in [0.2, 0.25) is 0 Å². The second kappa shape index (κ2) is 5.59. The zero-order valence-electron chi connectivity index (χ0n) is 9.87. The van der Waals surface area contributed by atoms with Crippen LogP contribution in [0, 0.1) is 6.92 Å². The van der Waals surface area contributed by atoms with Crippen molar-refractivity contribution in [2.24, 2.45) is 0 Å². The predicted molar refractivity (Wildman–Crippen MR) is 71.9 cm³/mol. The Balaban J connectivity index is 3.00. The fraction of sp³-hybridized carbons (Fsp3) is 0.364. The molecule has 1 aromatic heterocycles. The number of thioether (sulfide) groups is 1. The quantitative estimate of drug-likeness (QED) is 0.797. The van der Waals surface area contributed by atoms with Gasteiger partial charge < -0.3 is 9.64 Å². The fourth-order valence-corrected chi connectivity index (χ4v) is 2.34. The number of aryl methyl sites for hydroxylation is 1. The lowest BCUT2D eigenvalue weighted by Crippen LogP contribution is -2.07. The average molecular weight is 303 g/mol. The maximum atomic E-state index is 5.17. The number of hydrogen-bond acceptors (Lipinski definition) is 4. The highest BCUT2D eigenvalue weighted by Gasteiger charge is 2.10. The van der Waals surface area contributed by atoms with Gasteiger partial charge in [-0.15, -0.1) is 0 Å². The average Bonchev–Trinajstić information content (AvgIpc) is 2.21. The van der Waals surface area contributed by atoms with Crippen molar-refractivity contribution in [3.05, 3.63) is 27.7 Å². The van der Waals surface area contributed by atoms with Crippen LogP contribution in [0.1, 0.15) is 5.56 Å². The summed E-state index contributed by atoms with van der Waals surface area (Å²) < 4.78 is 6.04. The standard InChI is InChI=1S/C11H15BrN2OS/c1-7-6-9(12)10(15-5)13-11(7)16-8(2)14(3)4/h6H,2H2,1,3-5H3. The summed E-state index contributed by atoms with van der Waals surface area (Å²) >= 11 is 4.94. The molecule has 0 bridgehead atoms. The Labute approximate surface area is 109 Å². The third-order valence-electron chi connectivity index (χ3n) is 1.99. The van der Waals surface area contributed by atoms with Crippen LogP contribution in [0.5, 0.6) is 5.88 Å². The van der Waals surface area contributed by atoms with E-state index in [9.17, 15) is 0 Å². The van der Waals surface area contributed by atoms with Crippen LogP contribution in [-0.2, 0) is 0 Å². The highest BCUT2D eigenvalue weighted by atomic mass is 79.9. The Morgan fingerprint density at radius 2 is 2.19 bits per heavy atom. The molecule has 0 saturated heterocycles. The summed E-state index contributed by atoms with van der Waals surface area (Å²) in [7, 11) is 5.53. The van der Waals surface area contributed by atoms with Gasteiger partial charge in [-0.05, 0) is 34.5 Å². The number of pyridine rings is 1. The molecule has 0 amide bonds. The highest BCUT2D eigenvalue weighted by Crippen LogP contribution is 2.33. The minimum absolute atomic E-state index is 0.597. The van der Waals surface area contributed by atoms with Crippen molar-refractivity contribution < 1.29 is 4.74 Å². The third-order valence-corrected chi connectivity index (χ3v) is 3.77. The van der Waals surface area contributed by atoms with Crippen molar-refractivity contribution in [1.29, 1.82) is 0 Å². The molecule has 0 unspecified atom stereocenters. The lowest BCUT2D eigenvalue weighted by Gasteiger charge is -2.16. The van der Waals surface area contributed by atoms with Gasteiger partial charge in [-0.25, -0.2) is 4.98 Å². The second-order valence-electron chi connectivity index (χ2n) is 3.49. The smallest absolute Gasteiger partial charge is 0.228 e. The maximum absolute atomic E-state index is 5.17. The van der Waals surface area contributed by atoms with E-state index in [1.54, 1.807) is 7.11 Å². The summed E-state index contributed by atoms with van der Waals surface area (Å²) in [4.78, 5) is 6.38. The van der Waals surface area contributed by atoms with Crippen LogP contribution >= 0.6 is 27.7 Å². The van der Waals surface area contributed by atoms with Crippen molar-refractivity contribution >= 4 is 27.7 Å². The Hall–Kier alpha value is -0.680. The molecule has 1 aromatic rings. The zero-order valence-corrected chi connectivity index (χ0v) is 12.3. The molecule has 0 radical (unpaired) electrons. The van der Waals surface area contributed by atoms with E-state index in [2.05, 4.69) is 27.5 Å². The number of methoxy groups -OCH3 is 1. The molecule has 16 heavy (non-hydrogen) atoms. The lowest BCUT2D eigenvalue weighted by atomic mass is 10.3. The molecule has 0 atom stereocenters. The molecule has 0 aliphatic carbocycles. The SMILES string of the molecule is C=C(Sc1nc(OC)c(Br)cc1C)N(C)C. The van der Waals surface area contributed by atoms with Gasteiger partial charge in [-0.3, -0.25) is 0 Å². The van der Waals surface area contributed by atoms with Gasteiger partial charge in [0.05, 0.1) is 16.6 Å². The summed E-state index contributed by atoms with van der Waals surface area (Å²) in [5, 5.41) is 1.86. The molecule has 0 aliphatic heterocycles. The molecule has 88 valence electrons. The molecule has 0 saturated carbocycles. The molecule has 0 fully saturated rings. The number of aromatic nitrogens is 1. The minimum atomic E-state index is 0.597. The van der Waals surface area contributed by atoms with Gasteiger partial charge in [0.25, 0.3) is 0 Å². The van der Waals surface area contributed by atoms with E-state index in [0.717, 1.165) is 20.1 Å². The molecule has 5 heteroatoms. The van der Waals surface area contributed by atoms with Crippen molar-refractivity contribution in [3.63, 3.8) is 0 Å². The number of rotatable bonds is 4. The number of nitrogens with zero attached hydrogens (tertiary/aromatic N) is 2. The van der Waals surface area contributed by atoms with Crippen molar-refractivity contribution in [2.45, 2.75) is 11.9 Å². The third kappa shape index (κ3) is 3.15. The van der Waals surface area contributed by atoms with Crippen LogP contribution in [-0.4, -0.2) is 31.1 Å². The van der Waals surface area contributed by atoms with Crippen LogP contribution in [0.3, 0.4) is 0 Å². The number of halogens is 1. The van der Waals surface area contributed by atoms with Gasteiger partial charge in [0.2, 0.25) is 5.88 Å². The lowest BCUT2D eigenvalue weighted by molar-refractivity contribution is 0.391. The van der Waals surface area contributed by atoms with Crippen molar-refractivity contribution in [2.75, 3.05) is 21.2 Å². The Kier molecular flexibility index (Phi) is 4.68. The van der Waals surface area contributed by atoms with Crippen molar-refractivity contribution in [3.8, 4) is 5.88 Å². The van der Waals surface area contributed by atoms with Crippen LogP contribution in [0.25, 0.3) is 0 Å². The first-order chi connectivity index (χ1) is 7.45. The van der Waals surface area contributed by atoms with Crippen LogP contribution < -0.4 is 4.74 Å². The molecular weight excluding hydrogens is 288 g/mol. The summed E-state index contributed by atoms with van der Waals surface area (Å²) in [6.45, 7) is 5.98. The highest BCUT2D eigenvalue weighted by molar-refractivity contribution is 9.10. The number of ether oxygens (including phenoxy) is 1. The molecule has 0 spiro atoms. The first-order valence-corrected chi connectivity index (χ1v) is 6.32. The molecule has 1 heterocycles. The van der Waals surface area contributed by atoms with E-state index in [1.807, 2.05) is 32.0 Å². The molecule has 0 aliphatic rings.